The van der Waals surface area contributed by atoms with Crippen LogP contribution in [0.4, 0.5) is 0 Å². The molecule has 0 saturated carbocycles. The number of nitrogens with one attached hydrogen (secondary N) is 1. The number of fused-ring (bicyclic) bond motifs is 1. The molecule has 0 spiro atoms. The van der Waals surface area contributed by atoms with Gasteiger partial charge < -0.3 is 9.73 Å². The van der Waals surface area contributed by atoms with Crippen LogP contribution in [0, 0.1) is 0 Å². The SMILES string of the molecule is C[C@@H](NC(=O)CCn1c(=O)oc2ccccc21)c1ccccc1. The zero-order valence-electron chi connectivity index (χ0n) is 12.9. The molecular formula is C18H18N2O3. The largest absolute Gasteiger partial charge is 0.419 e. The third-order valence-electron chi connectivity index (χ3n) is 3.81. The van der Waals surface area contributed by atoms with Gasteiger partial charge in [-0.05, 0) is 24.6 Å². The molecule has 0 saturated heterocycles. The highest BCUT2D eigenvalue weighted by atomic mass is 16.4. The molecule has 2 aromatic carbocycles. The number of rotatable bonds is 5. The fourth-order valence-corrected chi connectivity index (χ4v) is 2.58. The van der Waals surface area contributed by atoms with Gasteiger partial charge in [0.1, 0.15) is 0 Å². The molecule has 5 nitrogen and oxygen atoms in total. The van der Waals surface area contributed by atoms with E-state index in [9.17, 15) is 9.59 Å². The van der Waals surface area contributed by atoms with Crippen LogP contribution in [0.25, 0.3) is 11.1 Å². The van der Waals surface area contributed by atoms with Gasteiger partial charge in [0.2, 0.25) is 5.91 Å². The molecule has 3 rings (SSSR count). The van der Waals surface area contributed by atoms with Crippen LogP contribution in [-0.4, -0.2) is 10.5 Å². The molecule has 5 heteroatoms. The summed E-state index contributed by atoms with van der Waals surface area (Å²) in [5.41, 5.74) is 2.30. The lowest BCUT2D eigenvalue weighted by molar-refractivity contribution is -0.121. The summed E-state index contributed by atoms with van der Waals surface area (Å²) in [7, 11) is 0. The highest BCUT2D eigenvalue weighted by Gasteiger charge is 2.12. The van der Waals surface area contributed by atoms with Crippen molar-refractivity contribution in [1.82, 2.24) is 9.88 Å². The van der Waals surface area contributed by atoms with E-state index >= 15 is 0 Å². The summed E-state index contributed by atoms with van der Waals surface area (Å²) >= 11 is 0. The molecule has 23 heavy (non-hydrogen) atoms. The second-order valence-corrected chi connectivity index (χ2v) is 5.44. The smallest absolute Gasteiger partial charge is 0.408 e. The number of aryl methyl sites for hydroxylation is 1. The van der Waals surface area contributed by atoms with E-state index in [0.29, 0.717) is 17.6 Å². The van der Waals surface area contributed by atoms with E-state index in [4.69, 9.17) is 4.42 Å². The number of benzene rings is 2. The van der Waals surface area contributed by atoms with Crippen molar-refractivity contribution in [1.29, 1.82) is 0 Å². The third-order valence-corrected chi connectivity index (χ3v) is 3.81. The number of carbonyl (C=O) groups is 1. The first-order chi connectivity index (χ1) is 11.1. The normalized spacial score (nSPS) is 12.2. The van der Waals surface area contributed by atoms with Crippen LogP contribution in [0.2, 0.25) is 0 Å². The minimum atomic E-state index is -0.435. The molecule has 1 atom stereocenters. The maximum absolute atomic E-state index is 12.1. The van der Waals surface area contributed by atoms with Gasteiger partial charge in [-0.3, -0.25) is 9.36 Å². The first kappa shape index (κ1) is 15.1. The van der Waals surface area contributed by atoms with Crippen molar-refractivity contribution in [2.45, 2.75) is 25.9 Å². The predicted molar refractivity (Wildman–Crippen MR) is 88.1 cm³/mol. The monoisotopic (exact) mass is 310 g/mol. The molecule has 1 heterocycles. The van der Waals surface area contributed by atoms with Gasteiger partial charge in [0.15, 0.2) is 5.58 Å². The predicted octanol–water partition coefficient (Wildman–Crippen LogP) is 2.86. The van der Waals surface area contributed by atoms with Crippen molar-refractivity contribution in [3.05, 3.63) is 70.7 Å². The summed E-state index contributed by atoms with van der Waals surface area (Å²) in [4.78, 5) is 24.0. The number of nitrogens with zero attached hydrogens (tertiary/aromatic N) is 1. The summed E-state index contributed by atoms with van der Waals surface area (Å²) < 4.78 is 6.65. The van der Waals surface area contributed by atoms with Gasteiger partial charge in [-0.15, -0.1) is 0 Å². The minimum Gasteiger partial charge on any atom is -0.408 e. The molecule has 1 N–H and O–H groups in total. The van der Waals surface area contributed by atoms with Crippen molar-refractivity contribution in [2.75, 3.05) is 0 Å². The van der Waals surface area contributed by atoms with Crippen molar-refractivity contribution in [3.63, 3.8) is 0 Å². The Morgan fingerprint density at radius 3 is 2.61 bits per heavy atom. The number of para-hydroxylation sites is 2. The van der Waals surface area contributed by atoms with Crippen LogP contribution in [0.3, 0.4) is 0 Å². The van der Waals surface area contributed by atoms with E-state index in [2.05, 4.69) is 5.32 Å². The molecule has 3 aromatic rings. The lowest BCUT2D eigenvalue weighted by atomic mass is 10.1. The number of hydrogen-bond donors (Lipinski definition) is 1. The fourth-order valence-electron chi connectivity index (χ4n) is 2.58. The highest BCUT2D eigenvalue weighted by molar-refractivity contribution is 5.77. The standard InChI is InChI=1S/C18H18N2O3/c1-13(14-7-3-2-4-8-14)19-17(21)11-12-20-15-9-5-6-10-16(15)23-18(20)22/h2-10,13H,11-12H2,1H3,(H,19,21)/t13-/m1/s1. The van der Waals surface area contributed by atoms with E-state index in [1.54, 1.807) is 6.07 Å². The molecule has 0 unspecified atom stereocenters. The number of hydrogen-bond acceptors (Lipinski definition) is 3. The Morgan fingerprint density at radius 1 is 1.13 bits per heavy atom. The zero-order chi connectivity index (χ0) is 16.2. The molecule has 0 radical (unpaired) electrons. The lowest BCUT2D eigenvalue weighted by Crippen LogP contribution is -2.28. The van der Waals surface area contributed by atoms with E-state index in [1.165, 1.54) is 4.57 Å². The Morgan fingerprint density at radius 2 is 1.83 bits per heavy atom. The molecule has 0 aliphatic carbocycles. The Labute approximate surface area is 133 Å². The molecule has 1 aromatic heterocycles. The fraction of sp³-hybridized carbons (Fsp3) is 0.222. The van der Waals surface area contributed by atoms with Gasteiger partial charge in [-0.1, -0.05) is 42.5 Å². The molecule has 0 bridgehead atoms. The number of amides is 1. The van der Waals surface area contributed by atoms with Gasteiger partial charge in [0.05, 0.1) is 11.6 Å². The second-order valence-electron chi connectivity index (χ2n) is 5.44. The van der Waals surface area contributed by atoms with Crippen LogP contribution >= 0.6 is 0 Å². The maximum Gasteiger partial charge on any atom is 0.419 e. The number of oxazole rings is 1. The van der Waals surface area contributed by atoms with Gasteiger partial charge in [-0.25, -0.2) is 4.79 Å². The second kappa shape index (κ2) is 6.52. The topological polar surface area (TPSA) is 64.2 Å². The summed E-state index contributed by atoms with van der Waals surface area (Å²) in [6.07, 6.45) is 0.223. The summed E-state index contributed by atoms with van der Waals surface area (Å²) in [5, 5.41) is 2.94. The van der Waals surface area contributed by atoms with Gasteiger partial charge in [0.25, 0.3) is 0 Å². The van der Waals surface area contributed by atoms with Crippen LogP contribution in [-0.2, 0) is 11.3 Å². The lowest BCUT2D eigenvalue weighted by Gasteiger charge is -2.14. The van der Waals surface area contributed by atoms with Crippen LogP contribution in [0.15, 0.2) is 63.8 Å². The number of carbonyl (C=O) groups excluding carboxylic acids is 1. The minimum absolute atomic E-state index is 0.0680. The molecule has 118 valence electrons. The van der Waals surface area contributed by atoms with Crippen molar-refractivity contribution < 1.29 is 9.21 Å². The van der Waals surface area contributed by atoms with E-state index in [1.807, 2.05) is 55.5 Å². The molecule has 0 aliphatic heterocycles. The van der Waals surface area contributed by atoms with Crippen molar-refractivity contribution in [2.24, 2.45) is 0 Å². The van der Waals surface area contributed by atoms with Gasteiger partial charge in [0, 0.05) is 13.0 Å². The van der Waals surface area contributed by atoms with Crippen LogP contribution in [0.1, 0.15) is 24.9 Å². The molecular weight excluding hydrogens is 292 g/mol. The molecule has 1 amide bonds. The summed E-state index contributed by atoms with van der Waals surface area (Å²) in [6.45, 7) is 2.23. The summed E-state index contributed by atoms with van der Waals surface area (Å²) in [5.74, 6) is -0.534. The van der Waals surface area contributed by atoms with Gasteiger partial charge >= 0.3 is 5.76 Å². The quantitative estimate of drug-likeness (QED) is 0.788. The van der Waals surface area contributed by atoms with E-state index in [-0.39, 0.29) is 18.4 Å². The van der Waals surface area contributed by atoms with Gasteiger partial charge in [-0.2, -0.15) is 0 Å². The Balaban J connectivity index is 1.65. The Hall–Kier alpha value is -2.82. The Kier molecular flexibility index (Phi) is 4.28. The highest BCUT2D eigenvalue weighted by Crippen LogP contribution is 2.13. The average Bonchev–Trinajstić information content (AvgIpc) is 2.89. The van der Waals surface area contributed by atoms with Crippen LogP contribution < -0.4 is 11.1 Å². The first-order valence-electron chi connectivity index (χ1n) is 7.58. The molecule has 0 fully saturated rings. The third kappa shape index (κ3) is 3.34. The zero-order valence-corrected chi connectivity index (χ0v) is 12.9. The van der Waals surface area contributed by atoms with Crippen molar-refractivity contribution >= 4 is 17.0 Å². The van der Waals surface area contributed by atoms with Crippen molar-refractivity contribution in [3.8, 4) is 0 Å². The Bertz CT molecular complexity index is 865. The number of aromatic nitrogens is 1. The van der Waals surface area contributed by atoms with E-state index in [0.717, 1.165) is 5.56 Å². The average molecular weight is 310 g/mol. The van der Waals surface area contributed by atoms with E-state index < -0.39 is 5.76 Å². The van der Waals surface area contributed by atoms with Crippen LogP contribution in [0.5, 0.6) is 0 Å². The maximum atomic E-state index is 12.1. The first-order valence-corrected chi connectivity index (χ1v) is 7.58. The molecule has 0 aliphatic rings. The summed E-state index contributed by atoms with van der Waals surface area (Å²) in [6, 6.07) is 16.9.